The smallest absolute Gasteiger partial charge is 0.336 e. The molecule has 1 aliphatic heterocycles. The van der Waals surface area contributed by atoms with E-state index in [2.05, 4.69) is 4.74 Å². The predicted octanol–water partition coefficient (Wildman–Crippen LogP) is 1.49. The van der Waals surface area contributed by atoms with Gasteiger partial charge in [0.15, 0.2) is 6.10 Å². The fourth-order valence-electron chi connectivity index (χ4n) is 2.86. The third-order valence-corrected chi connectivity index (χ3v) is 3.37. The molecule has 1 unspecified atom stereocenters. The van der Waals surface area contributed by atoms with Crippen molar-refractivity contribution in [3.05, 3.63) is 0 Å². The Morgan fingerprint density at radius 3 is 2.11 bits per heavy atom. The minimum Gasteiger partial charge on any atom is -0.467 e. The van der Waals surface area contributed by atoms with Crippen molar-refractivity contribution in [3.8, 4) is 0 Å². The number of methoxy groups -OCH3 is 1. The monoisotopic (exact) mass is 260 g/mol. The van der Waals surface area contributed by atoms with Gasteiger partial charge in [-0.15, -0.1) is 0 Å². The molecule has 1 aliphatic rings. The molecule has 1 atom stereocenters. The van der Waals surface area contributed by atoms with Crippen LogP contribution in [0.4, 0.5) is 0 Å². The van der Waals surface area contributed by atoms with Gasteiger partial charge in [-0.2, -0.15) is 5.06 Å². The maximum absolute atomic E-state index is 11.4. The molecular formula is C13H25NO4. The average molecular weight is 260 g/mol. The van der Waals surface area contributed by atoms with E-state index >= 15 is 0 Å². The van der Waals surface area contributed by atoms with Crippen LogP contribution in [0.5, 0.6) is 0 Å². The highest BCUT2D eigenvalue weighted by Gasteiger charge is 2.47. The van der Waals surface area contributed by atoms with E-state index in [4.69, 9.17) is 4.84 Å². The van der Waals surface area contributed by atoms with Crippen molar-refractivity contribution in [1.29, 1.82) is 0 Å². The summed E-state index contributed by atoms with van der Waals surface area (Å²) in [4.78, 5) is 17.2. The quantitative estimate of drug-likeness (QED) is 0.615. The van der Waals surface area contributed by atoms with Crippen LogP contribution in [0.25, 0.3) is 0 Å². The molecule has 0 spiro atoms. The van der Waals surface area contributed by atoms with Crippen LogP contribution >= 0.6 is 0 Å². The Kier molecular flexibility index (Phi) is 4.41. The summed E-state index contributed by atoms with van der Waals surface area (Å²) in [6.45, 7) is 9.67. The first-order valence-electron chi connectivity index (χ1n) is 6.33. The zero-order valence-electron chi connectivity index (χ0n) is 12.2. The zero-order valence-corrected chi connectivity index (χ0v) is 12.2. The number of aliphatic hydroxyl groups is 1. The number of carbonyl (C=O) groups excluding carboxylic acids is 1. The molecule has 1 heterocycles. The Morgan fingerprint density at radius 2 is 1.72 bits per heavy atom. The minimum absolute atomic E-state index is 0.330. The highest BCUT2D eigenvalue weighted by atomic mass is 16.9. The van der Waals surface area contributed by atoms with Crippen molar-refractivity contribution >= 4 is 5.97 Å². The van der Waals surface area contributed by atoms with E-state index in [1.807, 2.05) is 32.8 Å². The maximum Gasteiger partial charge on any atom is 0.336 e. The molecule has 0 aromatic carbocycles. The topological polar surface area (TPSA) is 59.0 Å². The van der Waals surface area contributed by atoms with Gasteiger partial charge in [-0.25, -0.2) is 4.79 Å². The Bertz CT molecular complexity index is 296. The molecule has 0 bridgehead atoms. The molecule has 0 aromatic heterocycles. The summed E-state index contributed by atoms with van der Waals surface area (Å²) < 4.78 is 4.67. The van der Waals surface area contributed by atoms with Gasteiger partial charge in [0.1, 0.15) is 0 Å². The number of hydroxylamine groups is 2. The van der Waals surface area contributed by atoms with E-state index in [0.717, 1.165) is 0 Å². The van der Waals surface area contributed by atoms with Gasteiger partial charge < -0.3 is 9.84 Å². The first kappa shape index (κ1) is 15.4. The van der Waals surface area contributed by atoms with Gasteiger partial charge in [-0.1, -0.05) is 0 Å². The highest BCUT2D eigenvalue weighted by molar-refractivity contribution is 5.73. The number of nitrogens with zero attached hydrogens (tertiary/aromatic N) is 1. The lowest BCUT2D eigenvalue weighted by Gasteiger charge is -2.53. The molecule has 106 valence electrons. The summed E-state index contributed by atoms with van der Waals surface area (Å²) in [5.41, 5.74) is -0.660. The number of hydrogen-bond acceptors (Lipinski definition) is 5. The number of hydrogen-bond donors (Lipinski definition) is 1. The summed E-state index contributed by atoms with van der Waals surface area (Å²) in [5.74, 6) is -0.396. The lowest BCUT2D eigenvalue weighted by molar-refractivity contribution is -0.308. The van der Waals surface area contributed by atoms with Crippen molar-refractivity contribution in [1.82, 2.24) is 5.06 Å². The van der Waals surface area contributed by atoms with Gasteiger partial charge in [0.2, 0.25) is 0 Å². The number of aliphatic hydroxyl groups excluding tert-OH is 1. The van der Waals surface area contributed by atoms with E-state index in [9.17, 15) is 9.90 Å². The van der Waals surface area contributed by atoms with Crippen LogP contribution < -0.4 is 0 Å². The number of carbonyl (C=O) groups is 1. The SMILES string of the molecule is COC(=O)C(C)O[15N]1C(C)(C)CC(O)CC1(C)C. The third-order valence-electron chi connectivity index (χ3n) is 3.37. The van der Waals surface area contributed by atoms with E-state index in [0.29, 0.717) is 12.8 Å². The Hall–Kier alpha value is -0.650. The second-order valence-corrected chi connectivity index (χ2v) is 6.25. The van der Waals surface area contributed by atoms with E-state index in [1.54, 1.807) is 6.92 Å². The Labute approximate surface area is 109 Å². The summed E-state index contributed by atoms with van der Waals surface area (Å²) >= 11 is 0. The average Bonchev–Trinajstić information content (AvgIpc) is 2.20. The van der Waals surface area contributed by atoms with Gasteiger partial charge in [0.25, 0.3) is 0 Å². The standard InChI is InChI=1S/C13H25NO4/c1-9(11(16)17-6)18-14-12(2,3)7-10(15)8-13(14,4)5/h9-10,15H,7-8H2,1-6H3/i14+1. The van der Waals surface area contributed by atoms with Gasteiger partial charge in [-0.3, -0.25) is 4.84 Å². The first-order chi connectivity index (χ1) is 8.10. The van der Waals surface area contributed by atoms with Gasteiger partial charge in [0, 0.05) is 11.1 Å². The van der Waals surface area contributed by atoms with E-state index in [1.165, 1.54) is 7.11 Å². The molecule has 18 heavy (non-hydrogen) atoms. The van der Waals surface area contributed by atoms with Crippen molar-refractivity contribution in [2.45, 2.75) is 70.7 Å². The van der Waals surface area contributed by atoms with E-state index < -0.39 is 12.1 Å². The fraction of sp³-hybridized carbons (Fsp3) is 0.923. The van der Waals surface area contributed by atoms with Gasteiger partial charge >= 0.3 is 5.97 Å². The van der Waals surface area contributed by atoms with Crippen molar-refractivity contribution in [3.63, 3.8) is 0 Å². The van der Waals surface area contributed by atoms with Crippen molar-refractivity contribution in [2.75, 3.05) is 7.11 Å². The number of esters is 1. The molecule has 1 rings (SSSR count). The lowest BCUT2D eigenvalue weighted by atomic mass is 9.84. The van der Waals surface area contributed by atoms with Crippen LogP contribution in [0.15, 0.2) is 0 Å². The van der Waals surface area contributed by atoms with Crippen molar-refractivity contribution in [2.24, 2.45) is 0 Å². The summed E-state index contributed by atoms with van der Waals surface area (Å²) in [6, 6.07) is 0. The second-order valence-electron chi connectivity index (χ2n) is 6.25. The molecule has 5 nitrogen and oxygen atoms in total. The molecule has 0 saturated carbocycles. The molecule has 0 aromatic rings. The first-order valence-corrected chi connectivity index (χ1v) is 6.33. The van der Waals surface area contributed by atoms with Crippen LogP contribution in [0, 0.1) is 0 Å². The highest BCUT2D eigenvalue weighted by Crippen LogP contribution is 2.39. The second kappa shape index (κ2) is 5.15. The summed E-state index contributed by atoms with van der Waals surface area (Å²) in [6.07, 6.45) is 0.237. The number of ether oxygens (including phenoxy) is 1. The molecule has 1 saturated heterocycles. The molecular weight excluding hydrogens is 235 g/mol. The van der Waals surface area contributed by atoms with Gasteiger partial charge in [0.05, 0.1) is 13.2 Å². The fourth-order valence-corrected chi connectivity index (χ4v) is 2.86. The lowest BCUT2D eigenvalue weighted by Crippen LogP contribution is -2.62. The molecule has 1 N–H and O–H groups in total. The number of piperidine rings is 1. The van der Waals surface area contributed by atoms with Crippen LogP contribution in [-0.4, -0.2) is 46.5 Å². The van der Waals surface area contributed by atoms with Crippen LogP contribution in [-0.2, 0) is 14.4 Å². The third kappa shape index (κ3) is 3.22. The molecule has 1 fully saturated rings. The summed E-state index contributed by atoms with van der Waals surface area (Å²) in [5, 5.41) is 11.7. The zero-order chi connectivity index (χ0) is 14.1. The predicted molar refractivity (Wildman–Crippen MR) is 67.8 cm³/mol. The number of rotatable bonds is 3. The van der Waals surface area contributed by atoms with Crippen LogP contribution in [0.1, 0.15) is 47.5 Å². The van der Waals surface area contributed by atoms with E-state index in [-0.39, 0.29) is 17.2 Å². The van der Waals surface area contributed by atoms with Crippen molar-refractivity contribution < 1.29 is 19.5 Å². The van der Waals surface area contributed by atoms with Crippen LogP contribution in [0.3, 0.4) is 0 Å². The summed E-state index contributed by atoms with van der Waals surface area (Å²) in [7, 11) is 1.35. The Morgan fingerprint density at radius 1 is 1.28 bits per heavy atom. The Balaban J connectivity index is 2.86. The minimum atomic E-state index is -0.649. The maximum atomic E-state index is 11.4. The molecule has 5 heteroatoms. The molecule has 0 radical (unpaired) electrons. The molecule has 0 amide bonds. The normalized spacial score (nSPS) is 25.7. The molecule has 0 aliphatic carbocycles. The van der Waals surface area contributed by atoms with Crippen LogP contribution in [0.2, 0.25) is 0 Å². The largest absolute Gasteiger partial charge is 0.467 e. The van der Waals surface area contributed by atoms with Gasteiger partial charge in [-0.05, 0) is 47.5 Å².